The number of anilines is 1. The Hall–Kier alpha value is -1.93. The normalized spacial score (nSPS) is 30.3. The second-order valence-corrected chi connectivity index (χ2v) is 4.47. The minimum absolute atomic E-state index is 0.0748. The third-order valence-corrected chi connectivity index (χ3v) is 3.13. The number of hydrogen-bond donors (Lipinski definition) is 3. The fourth-order valence-electron chi connectivity index (χ4n) is 2.25. The Morgan fingerprint density at radius 3 is 2.79 bits per heavy atom. The number of nitrogens with zero attached hydrogens (tertiary/aromatic N) is 2. The molecule has 1 fully saturated rings. The van der Waals surface area contributed by atoms with E-state index < -0.39 is 36.0 Å². The highest BCUT2D eigenvalue weighted by Gasteiger charge is 2.44. The topological polar surface area (TPSA) is 128 Å². The molecule has 0 saturated heterocycles. The zero-order chi connectivity index (χ0) is 14.2. The average Bonchev–Trinajstić information content (AvgIpc) is 2.57. The molecule has 1 heterocycles. The molecule has 19 heavy (non-hydrogen) atoms. The van der Waals surface area contributed by atoms with Crippen LogP contribution < -0.4 is 11.4 Å². The number of nitrogens with two attached hydrogens (primary N) is 1. The first-order chi connectivity index (χ1) is 8.90. The number of ether oxygens (including phenoxy) is 1. The molecule has 4 atom stereocenters. The smallest absolute Gasteiger partial charge is 0.349 e. The van der Waals surface area contributed by atoms with E-state index in [2.05, 4.69) is 4.98 Å². The van der Waals surface area contributed by atoms with E-state index in [1.165, 1.54) is 23.8 Å². The van der Waals surface area contributed by atoms with Gasteiger partial charge in [-0.3, -0.25) is 9.36 Å². The first kappa shape index (κ1) is 13.5. The van der Waals surface area contributed by atoms with Crippen LogP contribution in [-0.4, -0.2) is 44.0 Å². The minimum atomic E-state index is -1.24. The summed E-state index contributed by atoms with van der Waals surface area (Å²) in [6, 6.07) is 0.708. The van der Waals surface area contributed by atoms with E-state index >= 15 is 0 Å². The number of aliphatic hydroxyl groups excluding tert-OH is 2. The largest absolute Gasteiger partial charge is 0.460 e. The molecule has 1 aliphatic carbocycles. The van der Waals surface area contributed by atoms with Gasteiger partial charge in [0, 0.05) is 19.5 Å². The molecular formula is C11H15N3O5. The lowest BCUT2D eigenvalue weighted by Crippen LogP contribution is -2.36. The predicted octanol–water partition coefficient (Wildman–Crippen LogP) is -1.58. The Kier molecular flexibility index (Phi) is 3.54. The minimum Gasteiger partial charge on any atom is -0.460 e. The summed E-state index contributed by atoms with van der Waals surface area (Å²) in [6.07, 6.45) is -1.78. The van der Waals surface area contributed by atoms with Crippen LogP contribution in [0, 0.1) is 0 Å². The summed E-state index contributed by atoms with van der Waals surface area (Å²) in [5.74, 6) is -0.481. The van der Waals surface area contributed by atoms with Gasteiger partial charge in [-0.05, 0) is 6.07 Å². The van der Waals surface area contributed by atoms with E-state index in [0.29, 0.717) is 0 Å². The van der Waals surface area contributed by atoms with Crippen molar-refractivity contribution in [3.8, 4) is 0 Å². The molecular weight excluding hydrogens is 254 g/mol. The molecule has 0 radical (unpaired) electrons. The zero-order valence-corrected chi connectivity index (χ0v) is 10.3. The van der Waals surface area contributed by atoms with Crippen molar-refractivity contribution in [2.75, 3.05) is 5.73 Å². The summed E-state index contributed by atoms with van der Waals surface area (Å²) in [5.41, 5.74) is 4.75. The number of aromatic nitrogens is 2. The second-order valence-electron chi connectivity index (χ2n) is 4.47. The van der Waals surface area contributed by atoms with Crippen molar-refractivity contribution >= 4 is 11.8 Å². The van der Waals surface area contributed by atoms with Gasteiger partial charge in [-0.1, -0.05) is 0 Å². The fourth-order valence-corrected chi connectivity index (χ4v) is 2.25. The summed E-state index contributed by atoms with van der Waals surface area (Å²) < 4.78 is 6.07. The van der Waals surface area contributed by atoms with Gasteiger partial charge >= 0.3 is 11.7 Å². The highest BCUT2D eigenvalue weighted by molar-refractivity contribution is 5.66. The first-order valence-corrected chi connectivity index (χ1v) is 5.78. The van der Waals surface area contributed by atoms with Crippen molar-refractivity contribution in [2.45, 2.75) is 37.7 Å². The van der Waals surface area contributed by atoms with Crippen molar-refractivity contribution in [3.05, 3.63) is 22.7 Å². The molecule has 8 heteroatoms. The van der Waals surface area contributed by atoms with Crippen LogP contribution in [0.3, 0.4) is 0 Å². The number of nitrogen functional groups attached to an aromatic ring is 1. The Balaban J connectivity index is 2.26. The number of rotatable bonds is 2. The van der Waals surface area contributed by atoms with Crippen LogP contribution in [0.5, 0.6) is 0 Å². The molecule has 2 rings (SSSR count). The van der Waals surface area contributed by atoms with Gasteiger partial charge in [-0.2, -0.15) is 4.98 Å². The summed E-state index contributed by atoms with van der Waals surface area (Å²) in [4.78, 5) is 26.1. The maximum atomic E-state index is 11.7. The molecule has 8 nitrogen and oxygen atoms in total. The molecule has 4 N–H and O–H groups in total. The standard InChI is InChI=1S/C11H15N3O5/c1-5(15)19-7-4-6(9(16)10(7)17)14-3-2-8(12)13-11(14)18/h2-3,6-7,9-10,16-17H,4H2,1H3,(H2,12,13,18). The summed E-state index contributed by atoms with van der Waals surface area (Å²) in [7, 11) is 0. The number of aliphatic hydroxyl groups is 2. The van der Waals surface area contributed by atoms with Crippen LogP contribution in [0.1, 0.15) is 19.4 Å². The lowest BCUT2D eigenvalue weighted by atomic mass is 10.2. The van der Waals surface area contributed by atoms with Gasteiger partial charge in [0.25, 0.3) is 0 Å². The molecule has 0 spiro atoms. The van der Waals surface area contributed by atoms with E-state index in [4.69, 9.17) is 10.5 Å². The lowest BCUT2D eigenvalue weighted by Gasteiger charge is -2.18. The molecule has 4 unspecified atom stereocenters. The van der Waals surface area contributed by atoms with Crippen LogP contribution in [0.25, 0.3) is 0 Å². The number of esters is 1. The predicted molar refractivity (Wildman–Crippen MR) is 64.1 cm³/mol. The summed E-state index contributed by atoms with van der Waals surface area (Å²) in [6.45, 7) is 1.21. The first-order valence-electron chi connectivity index (χ1n) is 5.78. The van der Waals surface area contributed by atoms with E-state index in [-0.39, 0.29) is 12.2 Å². The SMILES string of the molecule is CC(=O)OC1CC(n2ccc(N)nc2=O)C(O)C1O. The molecule has 0 aromatic carbocycles. The third kappa shape index (κ3) is 2.59. The van der Waals surface area contributed by atoms with Gasteiger partial charge < -0.3 is 20.7 Å². The van der Waals surface area contributed by atoms with Gasteiger partial charge in [0.05, 0.1) is 6.04 Å². The van der Waals surface area contributed by atoms with Crippen LogP contribution in [-0.2, 0) is 9.53 Å². The number of carbonyl (C=O) groups is 1. The molecule has 0 amide bonds. The third-order valence-electron chi connectivity index (χ3n) is 3.13. The van der Waals surface area contributed by atoms with Crippen LogP contribution in [0.15, 0.2) is 17.1 Å². The van der Waals surface area contributed by atoms with Crippen LogP contribution in [0.4, 0.5) is 5.82 Å². The molecule has 1 aromatic rings. The van der Waals surface area contributed by atoms with Crippen molar-refractivity contribution in [1.29, 1.82) is 0 Å². The van der Waals surface area contributed by atoms with Crippen LogP contribution in [0.2, 0.25) is 0 Å². The van der Waals surface area contributed by atoms with E-state index in [1.807, 2.05) is 0 Å². The van der Waals surface area contributed by atoms with E-state index in [1.54, 1.807) is 0 Å². The average molecular weight is 269 g/mol. The Labute approximate surface area is 108 Å². The van der Waals surface area contributed by atoms with Crippen molar-refractivity contribution in [2.24, 2.45) is 0 Å². The zero-order valence-electron chi connectivity index (χ0n) is 10.3. The maximum absolute atomic E-state index is 11.7. The molecule has 1 aliphatic rings. The second kappa shape index (κ2) is 4.98. The quantitative estimate of drug-likeness (QED) is 0.553. The summed E-state index contributed by atoms with van der Waals surface area (Å²) in [5, 5.41) is 19.7. The van der Waals surface area contributed by atoms with Gasteiger partial charge in [-0.25, -0.2) is 4.79 Å². The molecule has 0 aliphatic heterocycles. The van der Waals surface area contributed by atoms with Crippen molar-refractivity contribution in [3.63, 3.8) is 0 Å². The Morgan fingerprint density at radius 1 is 1.53 bits per heavy atom. The lowest BCUT2D eigenvalue weighted by molar-refractivity contribution is -0.152. The Bertz CT molecular complexity index is 543. The van der Waals surface area contributed by atoms with Gasteiger partial charge in [0.15, 0.2) is 0 Å². The highest BCUT2D eigenvalue weighted by Crippen LogP contribution is 2.32. The number of hydrogen-bond acceptors (Lipinski definition) is 7. The van der Waals surface area contributed by atoms with Crippen molar-refractivity contribution in [1.82, 2.24) is 9.55 Å². The number of carbonyl (C=O) groups excluding carboxylic acids is 1. The molecule has 1 aromatic heterocycles. The van der Waals surface area contributed by atoms with Gasteiger partial charge in [0.1, 0.15) is 24.1 Å². The molecule has 104 valence electrons. The molecule has 0 bridgehead atoms. The summed E-state index contributed by atoms with van der Waals surface area (Å²) >= 11 is 0. The highest BCUT2D eigenvalue weighted by atomic mass is 16.6. The Morgan fingerprint density at radius 2 is 2.21 bits per heavy atom. The van der Waals surface area contributed by atoms with E-state index in [9.17, 15) is 19.8 Å². The monoisotopic (exact) mass is 269 g/mol. The maximum Gasteiger partial charge on any atom is 0.349 e. The fraction of sp³-hybridized carbons (Fsp3) is 0.545. The van der Waals surface area contributed by atoms with Gasteiger partial charge in [0.2, 0.25) is 0 Å². The molecule has 1 saturated carbocycles. The van der Waals surface area contributed by atoms with Crippen LogP contribution >= 0.6 is 0 Å². The van der Waals surface area contributed by atoms with Gasteiger partial charge in [-0.15, -0.1) is 0 Å². The van der Waals surface area contributed by atoms with E-state index in [0.717, 1.165) is 0 Å². The van der Waals surface area contributed by atoms with Crippen molar-refractivity contribution < 1.29 is 19.7 Å².